The third kappa shape index (κ3) is 7.03. The van der Waals surface area contributed by atoms with Crippen LogP contribution in [0, 0.1) is 6.92 Å². The Kier molecular flexibility index (Phi) is 8.18. The second-order valence-corrected chi connectivity index (χ2v) is 9.51. The van der Waals surface area contributed by atoms with Crippen molar-refractivity contribution in [1.29, 1.82) is 0 Å². The summed E-state index contributed by atoms with van der Waals surface area (Å²) in [4.78, 5) is 32.0. The number of para-hydroxylation sites is 4. The van der Waals surface area contributed by atoms with Crippen molar-refractivity contribution in [2.24, 2.45) is 0 Å². The lowest BCUT2D eigenvalue weighted by molar-refractivity contribution is 0.246. The largest absolute Gasteiger partial charge is 0.455 e. The summed E-state index contributed by atoms with van der Waals surface area (Å²) in [5.74, 6) is 1.27. The van der Waals surface area contributed by atoms with Crippen molar-refractivity contribution in [3.05, 3.63) is 90.6 Å². The highest BCUT2D eigenvalue weighted by atomic mass is 16.5. The Bertz CT molecular complexity index is 1450. The van der Waals surface area contributed by atoms with E-state index < -0.39 is 0 Å². The summed E-state index contributed by atoms with van der Waals surface area (Å²) in [6, 6.07) is 25.9. The highest BCUT2D eigenvalue weighted by molar-refractivity contribution is 6.00. The van der Waals surface area contributed by atoms with E-state index in [1.807, 2.05) is 91.9 Å². The molecule has 4 amide bonds. The molecule has 0 aliphatic carbocycles. The number of rotatable bonds is 8. The third-order valence-corrected chi connectivity index (χ3v) is 6.52. The lowest BCUT2D eigenvalue weighted by Crippen LogP contribution is -2.41. The second-order valence-electron chi connectivity index (χ2n) is 9.51. The van der Waals surface area contributed by atoms with Crippen LogP contribution in [-0.4, -0.2) is 54.2 Å². The molecule has 3 aromatic carbocycles. The smallest absolute Gasteiger partial charge is 0.319 e. The fourth-order valence-electron chi connectivity index (χ4n) is 4.68. The van der Waals surface area contributed by atoms with Gasteiger partial charge in [0.2, 0.25) is 0 Å². The first-order chi connectivity index (χ1) is 19.0. The van der Waals surface area contributed by atoms with Crippen LogP contribution in [0.25, 0.3) is 10.9 Å². The standard InChI is InChI=1S/C30H32N6O3/c1-21-19-27(24-11-5-6-12-25(24)32-21)35-29(37)31-16-18-36-17-15-22(20-36)33-30(38)34-26-13-7-8-14-28(26)39-23-9-3-2-4-10-23/h2-14,19,22H,15-18,20H2,1H3,(H2,33,34,38)(H2,31,32,35,37). The van der Waals surface area contributed by atoms with Gasteiger partial charge in [0.25, 0.3) is 0 Å². The van der Waals surface area contributed by atoms with Crippen LogP contribution in [0.2, 0.25) is 0 Å². The summed E-state index contributed by atoms with van der Waals surface area (Å²) < 4.78 is 5.93. The molecule has 1 aliphatic heterocycles. The summed E-state index contributed by atoms with van der Waals surface area (Å²) in [7, 11) is 0. The van der Waals surface area contributed by atoms with Crippen molar-refractivity contribution in [3.63, 3.8) is 0 Å². The molecule has 0 saturated carbocycles. The predicted octanol–water partition coefficient (Wildman–Crippen LogP) is 5.35. The van der Waals surface area contributed by atoms with Gasteiger partial charge < -0.3 is 26.0 Å². The molecular formula is C30H32N6O3. The molecule has 2 heterocycles. The Morgan fingerprint density at radius 2 is 1.67 bits per heavy atom. The SMILES string of the molecule is Cc1cc(NC(=O)NCCN2CCC(NC(=O)Nc3ccccc3Oc3ccccc3)C2)c2ccccc2n1. The molecule has 1 saturated heterocycles. The van der Waals surface area contributed by atoms with Gasteiger partial charge in [-0.05, 0) is 49.7 Å². The van der Waals surface area contributed by atoms with Crippen molar-refractivity contribution in [1.82, 2.24) is 20.5 Å². The maximum Gasteiger partial charge on any atom is 0.319 e. The van der Waals surface area contributed by atoms with Crippen LogP contribution in [0.5, 0.6) is 11.5 Å². The minimum Gasteiger partial charge on any atom is -0.455 e. The number of likely N-dealkylation sites (tertiary alicyclic amines) is 1. The molecule has 1 aromatic heterocycles. The van der Waals surface area contributed by atoms with Gasteiger partial charge in [-0.25, -0.2) is 9.59 Å². The van der Waals surface area contributed by atoms with Gasteiger partial charge in [0, 0.05) is 43.3 Å². The molecule has 9 nitrogen and oxygen atoms in total. The fourth-order valence-corrected chi connectivity index (χ4v) is 4.68. The number of nitrogens with zero attached hydrogens (tertiary/aromatic N) is 2. The molecule has 200 valence electrons. The number of nitrogens with one attached hydrogen (secondary N) is 4. The number of amides is 4. The number of aromatic nitrogens is 1. The highest BCUT2D eigenvalue weighted by Gasteiger charge is 2.24. The van der Waals surface area contributed by atoms with Gasteiger partial charge in [0.15, 0.2) is 5.75 Å². The number of pyridine rings is 1. The zero-order chi connectivity index (χ0) is 27.0. The molecule has 39 heavy (non-hydrogen) atoms. The van der Waals surface area contributed by atoms with Crippen molar-refractivity contribution < 1.29 is 14.3 Å². The zero-order valence-electron chi connectivity index (χ0n) is 21.8. The van der Waals surface area contributed by atoms with E-state index in [4.69, 9.17) is 4.74 Å². The van der Waals surface area contributed by atoms with E-state index in [1.165, 1.54) is 0 Å². The van der Waals surface area contributed by atoms with Crippen molar-refractivity contribution in [2.75, 3.05) is 36.8 Å². The molecule has 9 heteroatoms. The molecule has 0 bridgehead atoms. The number of carbonyl (C=O) groups is 2. The quantitative estimate of drug-likeness (QED) is 0.248. The average molecular weight is 525 g/mol. The Morgan fingerprint density at radius 3 is 2.54 bits per heavy atom. The van der Waals surface area contributed by atoms with E-state index in [0.717, 1.165) is 35.2 Å². The molecular weight excluding hydrogens is 492 g/mol. The number of fused-ring (bicyclic) bond motifs is 1. The van der Waals surface area contributed by atoms with Gasteiger partial charge in [-0.15, -0.1) is 0 Å². The monoisotopic (exact) mass is 524 g/mol. The topological polar surface area (TPSA) is 108 Å². The van der Waals surface area contributed by atoms with Crippen molar-refractivity contribution in [3.8, 4) is 11.5 Å². The molecule has 0 spiro atoms. The molecule has 0 radical (unpaired) electrons. The van der Waals surface area contributed by atoms with Crippen LogP contribution in [0.1, 0.15) is 12.1 Å². The van der Waals surface area contributed by atoms with Crippen LogP contribution in [0.4, 0.5) is 21.0 Å². The van der Waals surface area contributed by atoms with Crippen LogP contribution < -0.4 is 26.0 Å². The first-order valence-corrected chi connectivity index (χ1v) is 13.1. The van der Waals surface area contributed by atoms with Crippen molar-refractivity contribution in [2.45, 2.75) is 19.4 Å². The van der Waals surface area contributed by atoms with Gasteiger partial charge in [-0.3, -0.25) is 9.88 Å². The van der Waals surface area contributed by atoms with Gasteiger partial charge in [-0.1, -0.05) is 48.5 Å². The third-order valence-electron chi connectivity index (χ3n) is 6.52. The average Bonchev–Trinajstić information content (AvgIpc) is 3.37. The summed E-state index contributed by atoms with van der Waals surface area (Å²) in [5.41, 5.74) is 3.03. The van der Waals surface area contributed by atoms with Crippen molar-refractivity contribution >= 4 is 34.3 Å². The van der Waals surface area contributed by atoms with Gasteiger partial charge in [0.05, 0.1) is 16.9 Å². The maximum absolute atomic E-state index is 12.7. The summed E-state index contributed by atoms with van der Waals surface area (Å²) >= 11 is 0. The molecule has 4 aromatic rings. The van der Waals surface area contributed by atoms with E-state index in [9.17, 15) is 9.59 Å². The van der Waals surface area contributed by atoms with Crippen LogP contribution in [0.3, 0.4) is 0 Å². The summed E-state index contributed by atoms with van der Waals surface area (Å²) in [5, 5.41) is 12.7. The van der Waals surface area contributed by atoms with E-state index in [2.05, 4.69) is 31.2 Å². The molecule has 1 unspecified atom stereocenters. The minimum absolute atomic E-state index is 0.0205. The first-order valence-electron chi connectivity index (χ1n) is 13.1. The number of ether oxygens (including phenoxy) is 1. The number of hydrogen-bond donors (Lipinski definition) is 4. The Hall–Kier alpha value is -4.63. The molecule has 1 fully saturated rings. The summed E-state index contributed by atoms with van der Waals surface area (Å²) in [6.07, 6.45) is 0.837. The van der Waals surface area contributed by atoms with Crippen LogP contribution in [-0.2, 0) is 0 Å². The Morgan fingerprint density at radius 1 is 0.923 bits per heavy atom. The van der Waals surface area contributed by atoms with Crippen LogP contribution >= 0.6 is 0 Å². The second kappa shape index (κ2) is 12.3. The van der Waals surface area contributed by atoms with E-state index in [-0.39, 0.29) is 18.1 Å². The predicted molar refractivity (Wildman–Crippen MR) is 153 cm³/mol. The highest BCUT2D eigenvalue weighted by Crippen LogP contribution is 2.29. The van der Waals surface area contributed by atoms with Crippen LogP contribution in [0.15, 0.2) is 84.9 Å². The summed E-state index contributed by atoms with van der Waals surface area (Å²) in [6.45, 7) is 4.65. The lowest BCUT2D eigenvalue weighted by Gasteiger charge is -2.18. The van der Waals surface area contributed by atoms with Gasteiger partial charge in [-0.2, -0.15) is 0 Å². The number of benzene rings is 3. The van der Waals surface area contributed by atoms with Gasteiger partial charge >= 0.3 is 12.1 Å². The molecule has 4 N–H and O–H groups in total. The maximum atomic E-state index is 12.7. The van der Waals surface area contributed by atoms with E-state index in [0.29, 0.717) is 36.8 Å². The minimum atomic E-state index is -0.275. The number of carbonyl (C=O) groups excluding carboxylic acids is 2. The zero-order valence-corrected chi connectivity index (χ0v) is 21.8. The number of hydrogen-bond acceptors (Lipinski definition) is 5. The van der Waals surface area contributed by atoms with E-state index in [1.54, 1.807) is 0 Å². The number of anilines is 2. The molecule has 1 atom stereocenters. The fraction of sp³-hybridized carbons (Fsp3) is 0.233. The number of urea groups is 2. The van der Waals surface area contributed by atoms with E-state index >= 15 is 0 Å². The Labute approximate surface area is 227 Å². The Balaban J connectivity index is 1.06. The molecule has 5 rings (SSSR count). The number of aryl methyl sites for hydroxylation is 1. The lowest BCUT2D eigenvalue weighted by atomic mass is 10.1. The first kappa shape index (κ1) is 26.0. The van der Waals surface area contributed by atoms with Gasteiger partial charge in [0.1, 0.15) is 5.75 Å². The normalized spacial score (nSPS) is 15.1. The molecule has 1 aliphatic rings.